The molecule has 0 radical (unpaired) electrons. The third kappa shape index (κ3) is 3.43. The van der Waals surface area contributed by atoms with Gasteiger partial charge in [0.15, 0.2) is 5.69 Å². The van der Waals surface area contributed by atoms with Crippen molar-refractivity contribution in [2.75, 3.05) is 0 Å². The number of nitrogens with zero attached hydrogens (tertiary/aromatic N) is 4. The summed E-state index contributed by atoms with van der Waals surface area (Å²) in [5.74, 6) is -0.664. The number of benzene rings is 2. The third-order valence-electron chi connectivity index (χ3n) is 4.19. The van der Waals surface area contributed by atoms with Gasteiger partial charge in [0, 0.05) is 29.3 Å². The van der Waals surface area contributed by atoms with Gasteiger partial charge in [-0.2, -0.15) is 13.5 Å². The van der Waals surface area contributed by atoms with Crippen molar-refractivity contribution >= 4 is 32.3 Å². The Labute approximate surface area is 161 Å². The third-order valence-corrected chi connectivity index (χ3v) is 5.08. The van der Waals surface area contributed by atoms with E-state index in [4.69, 9.17) is 0 Å². The van der Waals surface area contributed by atoms with Crippen LogP contribution in [0.4, 0.5) is 11.4 Å². The molecule has 0 saturated heterocycles. The Bertz CT molecular complexity index is 1210. The lowest BCUT2D eigenvalue weighted by molar-refractivity contribution is 0.419. The summed E-state index contributed by atoms with van der Waals surface area (Å²) in [6, 6.07) is 7.18. The molecule has 2 aromatic carbocycles. The predicted molar refractivity (Wildman–Crippen MR) is 103 cm³/mol. The Balaban J connectivity index is 2.25. The summed E-state index contributed by atoms with van der Waals surface area (Å²) in [5, 5.41) is 33.5. The summed E-state index contributed by atoms with van der Waals surface area (Å²) < 4.78 is 34.0. The first-order chi connectivity index (χ1) is 12.9. The van der Waals surface area contributed by atoms with Crippen LogP contribution in [0.3, 0.4) is 0 Å². The van der Waals surface area contributed by atoms with E-state index in [1.54, 1.807) is 25.2 Å². The van der Waals surface area contributed by atoms with Crippen molar-refractivity contribution in [3.63, 3.8) is 0 Å². The zero-order valence-corrected chi connectivity index (χ0v) is 16.6. The number of hydrogen-bond donors (Lipinski definition) is 3. The van der Waals surface area contributed by atoms with E-state index in [-0.39, 0.29) is 28.0 Å². The Hall–Kier alpha value is -2.98. The standard InChI is InChI=1S/C18H20N4O5S/c1-18(2,3)16-15(17(24)22(4)21-16)20-19-14-11-8-6-5-7-10(11)13(9-12(14)23)28(25,26)27/h5-9,23-24H,1-4H3,(H,25,26,27). The van der Waals surface area contributed by atoms with Crippen molar-refractivity contribution in [1.82, 2.24) is 9.78 Å². The van der Waals surface area contributed by atoms with Gasteiger partial charge >= 0.3 is 0 Å². The molecule has 3 rings (SSSR count). The van der Waals surface area contributed by atoms with Crippen LogP contribution in [-0.4, -0.2) is 33.0 Å². The largest absolute Gasteiger partial charge is 0.506 e. The molecule has 0 amide bonds. The SMILES string of the molecule is Cn1nc(C(C)(C)C)c(N=Nc2c(O)cc(S(=O)(=O)O)c3ccccc23)c1O. The van der Waals surface area contributed by atoms with Gasteiger partial charge in [-0.25, -0.2) is 4.68 Å². The van der Waals surface area contributed by atoms with E-state index in [0.29, 0.717) is 5.69 Å². The number of phenolic OH excluding ortho intramolecular Hbond substituents is 1. The summed E-state index contributed by atoms with van der Waals surface area (Å²) in [7, 11) is -2.98. The van der Waals surface area contributed by atoms with E-state index < -0.39 is 26.2 Å². The van der Waals surface area contributed by atoms with Crippen LogP contribution in [0.5, 0.6) is 11.6 Å². The van der Waals surface area contributed by atoms with Crippen LogP contribution in [0.1, 0.15) is 26.5 Å². The fourth-order valence-electron chi connectivity index (χ4n) is 2.83. The maximum atomic E-state index is 11.6. The van der Waals surface area contributed by atoms with Gasteiger partial charge in [0.25, 0.3) is 10.1 Å². The highest BCUT2D eigenvalue weighted by atomic mass is 32.2. The smallest absolute Gasteiger partial charge is 0.295 e. The number of fused-ring (bicyclic) bond motifs is 1. The maximum absolute atomic E-state index is 11.6. The van der Waals surface area contributed by atoms with Crippen LogP contribution in [0.2, 0.25) is 0 Å². The molecule has 0 aliphatic carbocycles. The van der Waals surface area contributed by atoms with Crippen molar-refractivity contribution in [3.05, 3.63) is 36.0 Å². The molecular weight excluding hydrogens is 384 g/mol. The second-order valence-corrected chi connectivity index (χ2v) is 8.75. The van der Waals surface area contributed by atoms with E-state index in [9.17, 15) is 23.2 Å². The molecule has 3 aromatic rings. The molecule has 10 heteroatoms. The average Bonchev–Trinajstić information content (AvgIpc) is 2.88. The van der Waals surface area contributed by atoms with Crippen molar-refractivity contribution in [1.29, 1.82) is 0 Å². The molecular formula is C18H20N4O5S. The van der Waals surface area contributed by atoms with Crippen LogP contribution in [-0.2, 0) is 22.6 Å². The second-order valence-electron chi connectivity index (χ2n) is 7.36. The number of aryl methyl sites for hydroxylation is 1. The minimum atomic E-state index is -4.55. The molecule has 9 nitrogen and oxygen atoms in total. The Morgan fingerprint density at radius 3 is 2.18 bits per heavy atom. The summed E-state index contributed by atoms with van der Waals surface area (Å²) in [6.07, 6.45) is 0. The van der Waals surface area contributed by atoms with E-state index in [1.807, 2.05) is 20.8 Å². The first-order valence-electron chi connectivity index (χ1n) is 8.31. The lowest BCUT2D eigenvalue weighted by Crippen LogP contribution is -2.12. The maximum Gasteiger partial charge on any atom is 0.295 e. The zero-order chi connectivity index (χ0) is 20.9. The number of aromatic nitrogens is 2. The minimum Gasteiger partial charge on any atom is -0.506 e. The number of hydrogen-bond acceptors (Lipinski definition) is 7. The zero-order valence-electron chi connectivity index (χ0n) is 15.7. The molecule has 0 fully saturated rings. The molecule has 0 unspecified atom stereocenters. The fraction of sp³-hybridized carbons (Fsp3) is 0.278. The van der Waals surface area contributed by atoms with Gasteiger partial charge in [0.1, 0.15) is 16.3 Å². The van der Waals surface area contributed by atoms with E-state index in [1.165, 1.54) is 10.7 Å². The minimum absolute atomic E-state index is 0.00566. The van der Waals surface area contributed by atoms with Crippen LogP contribution < -0.4 is 0 Å². The molecule has 0 spiro atoms. The Morgan fingerprint density at radius 2 is 1.61 bits per heavy atom. The highest BCUT2D eigenvalue weighted by molar-refractivity contribution is 7.86. The Morgan fingerprint density at radius 1 is 1.04 bits per heavy atom. The van der Waals surface area contributed by atoms with Crippen molar-refractivity contribution in [2.24, 2.45) is 17.3 Å². The van der Waals surface area contributed by atoms with Crippen LogP contribution in [0, 0.1) is 0 Å². The molecule has 0 atom stereocenters. The van der Waals surface area contributed by atoms with Gasteiger partial charge in [-0.1, -0.05) is 45.0 Å². The molecule has 0 aliphatic heterocycles. The van der Waals surface area contributed by atoms with Gasteiger partial charge in [0.2, 0.25) is 5.88 Å². The molecule has 0 bridgehead atoms. The number of aromatic hydroxyl groups is 2. The lowest BCUT2D eigenvalue weighted by Gasteiger charge is -2.15. The summed E-state index contributed by atoms with van der Waals surface area (Å²) >= 11 is 0. The molecule has 148 valence electrons. The molecule has 28 heavy (non-hydrogen) atoms. The molecule has 1 heterocycles. The fourth-order valence-corrected chi connectivity index (χ4v) is 3.55. The van der Waals surface area contributed by atoms with Crippen LogP contribution >= 0.6 is 0 Å². The molecule has 3 N–H and O–H groups in total. The van der Waals surface area contributed by atoms with Crippen molar-refractivity contribution in [3.8, 4) is 11.6 Å². The number of azo groups is 1. The molecule has 0 saturated carbocycles. The lowest BCUT2D eigenvalue weighted by atomic mass is 9.91. The van der Waals surface area contributed by atoms with E-state index in [2.05, 4.69) is 15.3 Å². The number of phenols is 1. The average molecular weight is 404 g/mol. The first-order valence-corrected chi connectivity index (χ1v) is 9.75. The predicted octanol–water partition coefficient (Wildman–Crippen LogP) is 3.94. The number of rotatable bonds is 3. The van der Waals surface area contributed by atoms with Gasteiger partial charge in [-0.3, -0.25) is 4.55 Å². The van der Waals surface area contributed by atoms with Crippen LogP contribution in [0.15, 0.2) is 45.5 Å². The highest BCUT2D eigenvalue weighted by Gasteiger charge is 2.26. The van der Waals surface area contributed by atoms with Gasteiger partial charge in [-0.05, 0) is 0 Å². The van der Waals surface area contributed by atoms with Crippen LogP contribution in [0.25, 0.3) is 10.8 Å². The monoisotopic (exact) mass is 404 g/mol. The summed E-state index contributed by atoms with van der Waals surface area (Å²) in [5.41, 5.74) is 0.240. The molecule has 0 aliphatic rings. The van der Waals surface area contributed by atoms with E-state index >= 15 is 0 Å². The topological polar surface area (TPSA) is 137 Å². The normalized spacial score (nSPS) is 12.9. The van der Waals surface area contributed by atoms with Gasteiger partial charge in [0.05, 0.1) is 5.69 Å². The second kappa shape index (κ2) is 6.57. The first kappa shape index (κ1) is 19.8. The van der Waals surface area contributed by atoms with E-state index in [0.717, 1.165) is 6.07 Å². The summed E-state index contributed by atoms with van der Waals surface area (Å²) in [6.45, 7) is 5.71. The Kier molecular flexibility index (Phi) is 4.64. The quantitative estimate of drug-likeness (QED) is 0.446. The van der Waals surface area contributed by atoms with Crippen molar-refractivity contribution in [2.45, 2.75) is 31.1 Å². The van der Waals surface area contributed by atoms with Crippen molar-refractivity contribution < 1.29 is 23.2 Å². The molecule has 1 aromatic heterocycles. The highest BCUT2D eigenvalue weighted by Crippen LogP contribution is 2.42. The van der Waals surface area contributed by atoms with Gasteiger partial charge in [-0.15, -0.1) is 10.2 Å². The summed E-state index contributed by atoms with van der Waals surface area (Å²) in [4.78, 5) is -0.431. The van der Waals surface area contributed by atoms with Gasteiger partial charge < -0.3 is 10.2 Å².